The quantitative estimate of drug-likeness (QED) is 0.834. The molecule has 26 heavy (non-hydrogen) atoms. The van der Waals surface area contributed by atoms with E-state index in [4.69, 9.17) is 0 Å². The van der Waals surface area contributed by atoms with E-state index >= 15 is 0 Å². The number of sulfonamides is 1. The van der Waals surface area contributed by atoms with Crippen LogP contribution in [0.1, 0.15) is 36.6 Å². The van der Waals surface area contributed by atoms with Gasteiger partial charge in [-0.15, -0.1) is 11.8 Å². The van der Waals surface area contributed by atoms with Gasteiger partial charge in [0.15, 0.2) is 0 Å². The first kappa shape index (κ1) is 19.4. The molecule has 0 amide bonds. The van der Waals surface area contributed by atoms with E-state index in [-0.39, 0.29) is 22.8 Å². The first-order valence-corrected chi connectivity index (χ1v) is 10.9. The van der Waals surface area contributed by atoms with Gasteiger partial charge in [-0.2, -0.15) is 0 Å². The van der Waals surface area contributed by atoms with E-state index in [1.54, 1.807) is 30.0 Å². The monoisotopic (exact) mass is 394 g/mol. The Bertz CT molecular complexity index is 883. The fraction of sp³-hybridized carbons (Fsp3) is 0.368. The molecule has 2 unspecified atom stereocenters. The average Bonchev–Trinajstić information content (AvgIpc) is 2.62. The summed E-state index contributed by atoms with van der Waals surface area (Å²) in [5.41, 5.74) is 2.00. The first-order valence-electron chi connectivity index (χ1n) is 8.50. The zero-order valence-corrected chi connectivity index (χ0v) is 16.7. The van der Waals surface area contributed by atoms with Crippen LogP contribution in [0.4, 0.5) is 4.39 Å². The van der Waals surface area contributed by atoms with Gasteiger partial charge in [-0.3, -0.25) is 0 Å². The summed E-state index contributed by atoms with van der Waals surface area (Å²) < 4.78 is 39.2. The van der Waals surface area contributed by atoms with Crippen molar-refractivity contribution >= 4 is 21.8 Å². The van der Waals surface area contributed by atoms with Crippen LogP contribution in [0.2, 0.25) is 0 Å². The van der Waals surface area contributed by atoms with Crippen LogP contribution in [-0.2, 0) is 10.0 Å². The van der Waals surface area contributed by atoms with Crippen LogP contribution < -0.4 is 5.32 Å². The fourth-order valence-electron chi connectivity index (χ4n) is 3.08. The molecule has 1 heterocycles. The first-order chi connectivity index (χ1) is 12.3. The molecular weight excluding hydrogens is 371 g/mol. The lowest BCUT2D eigenvalue weighted by atomic mass is 10.0. The van der Waals surface area contributed by atoms with Gasteiger partial charge in [0, 0.05) is 31.1 Å². The molecule has 7 heteroatoms. The molecule has 0 aromatic heterocycles. The number of halogens is 1. The average molecular weight is 395 g/mol. The minimum Gasteiger partial charge on any atom is -0.303 e. The fourth-order valence-corrected chi connectivity index (χ4v) is 5.08. The number of nitrogens with zero attached hydrogens (tertiary/aromatic N) is 1. The maximum Gasteiger partial charge on any atom is 0.242 e. The van der Waals surface area contributed by atoms with Crippen molar-refractivity contribution in [3.8, 4) is 0 Å². The van der Waals surface area contributed by atoms with Gasteiger partial charge in [0.1, 0.15) is 5.82 Å². The predicted molar refractivity (Wildman–Crippen MR) is 103 cm³/mol. The highest BCUT2D eigenvalue weighted by molar-refractivity contribution is 7.99. The topological polar surface area (TPSA) is 49.4 Å². The Morgan fingerprint density at radius 3 is 2.54 bits per heavy atom. The Balaban J connectivity index is 1.77. The smallest absolute Gasteiger partial charge is 0.242 e. The van der Waals surface area contributed by atoms with Crippen LogP contribution >= 0.6 is 11.8 Å². The van der Waals surface area contributed by atoms with Gasteiger partial charge in [-0.1, -0.05) is 12.1 Å². The number of thioether (sulfide) groups is 1. The van der Waals surface area contributed by atoms with Crippen LogP contribution in [0.25, 0.3) is 0 Å². The third-order valence-corrected chi connectivity index (χ3v) is 7.57. The predicted octanol–water partition coefficient (Wildman–Crippen LogP) is 3.96. The summed E-state index contributed by atoms with van der Waals surface area (Å²) in [5, 5.41) is 3.56. The Morgan fingerprint density at radius 2 is 1.88 bits per heavy atom. The number of fused-ring (bicyclic) bond motifs is 1. The summed E-state index contributed by atoms with van der Waals surface area (Å²) in [5.74, 6) is 0.771. The van der Waals surface area contributed by atoms with Gasteiger partial charge < -0.3 is 5.32 Å². The van der Waals surface area contributed by atoms with Crippen LogP contribution in [-0.4, -0.2) is 32.6 Å². The number of nitrogens with one attached hydrogen (secondary N) is 1. The Kier molecular flexibility index (Phi) is 5.72. The molecule has 0 saturated heterocycles. The van der Waals surface area contributed by atoms with Crippen molar-refractivity contribution in [1.29, 1.82) is 0 Å². The lowest BCUT2D eigenvalue weighted by molar-refractivity contribution is 0.447. The number of hydrogen-bond donors (Lipinski definition) is 1. The molecule has 2 aromatic carbocycles. The summed E-state index contributed by atoms with van der Waals surface area (Å²) in [6, 6.07) is 12.0. The third-order valence-electron chi connectivity index (χ3n) is 4.62. The van der Waals surface area contributed by atoms with Crippen molar-refractivity contribution < 1.29 is 12.8 Å². The Morgan fingerprint density at radius 1 is 1.19 bits per heavy atom. The van der Waals surface area contributed by atoms with Crippen molar-refractivity contribution in [3.05, 3.63) is 59.4 Å². The second kappa shape index (κ2) is 7.68. The minimum absolute atomic E-state index is 0.0235. The number of hydrogen-bond acceptors (Lipinski definition) is 4. The highest BCUT2D eigenvalue weighted by atomic mass is 32.2. The van der Waals surface area contributed by atoms with Crippen molar-refractivity contribution in [2.75, 3.05) is 19.8 Å². The molecule has 0 saturated carbocycles. The van der Waals surface area contributed by atoms with Crippen LogP contribution in [0.15, 0.2) is 52.3 Å². The molecule has 0 aliphatic carbocycles. The molecule has 0 radical (unpaired) electrons. The van der Waals surface area contributed by atoms with Gasteiger partial charge in [0.2, 0.25) is 10.0 Å². The maximum atomic E-state index is 13.7. The van der Waals surface area contributed by atoms with Crippen LogP contribution in [0.5, 0.6) is 0 Å². The van der Waals surface area contributed by atoms with Crippen molar-refractivity contribution in [2.24, 2.45) is 0 Å². The van der Waals surface area contributed by atoms with Crippen molar-refractivity contribution in [3.63, 3.8) is 0 Å². The van der Waals surface area contributed by atoms with Gasteiger partial charge in [0.05, 0.1) is 4.90 Å². The molecule has 4 nitrogen and oxygen atoms in total. The highest BCUT2D eigenvalue weighted by Crippen LogP contribution is 2.37. The second-order valence-corrected chi connectivity index (χ2v) is 9.91. The molecule has 140 valence electrons. The molecule has 2 aromatic rings. The SMILES string of the molecule is CC(NC1CCSc2ccc(F)cc21)c1ccc(S(=O)(=O)N(C)C)cc1. The van der Waals surface area contributed by atoms with Gasteiger partial charge in [-0.05, 0) is 60.6 Å². The van der Waals surface area contributed by atoms with Gasteiger partial charge in [0.25, 0.3) is 0 Å². The van der Waals surface area contributed by atoms with E-state index in [9.17, 15) is 12.8 Å². The Hall–Kier alpha value is -1.41. The van der Waals surface area contributed by atoms with E-state index in [0.717, 1.165) is 28.2 Å². The van der Waals surface area contributed by atoms with Gasteiger partial charge >= 0.3 is 0 Å². The molecule has 1 aliphatic rings. The van der Waals surface area contributed by atoms with E-state index in [1.165, 1.54) is 24.5 Å². The molecule has 0 bridgehead atoms. The van der Waals surface area contributed by atoms with Gasteiger partial charge in [-0.25, -0.2) is 17.1 Å². The minimum atomic E-state index is -3.42. The van der Waals surface area contributed by atoms with E-state index in [2.05, 4.69) is 5.32 Å². The third kappa shape index (κ3) is 3.96. The number of rotatable bonds is 5. The molecule has 2 atom stereocenters. The second-order valence-electron chi connectivity index (χ2n) is 6.62. The maximum absolute atomic E-state index is 13.7. The molecule has 1 aliphatic heterocycles. The summed E-state index contributed by atoms with van der Waals surface area (Å²) in [6.07, 6.45) is 0.929. The van der Waals surface area contributed by atoms with E-state index in [0.29, 0.717) is 0 Å². The van der Waals surface area contributed by atoms with Crippen molar-refractivity contribution in [2.45, 2.75) is 35.2 Å². The highest BCUT2D eigenvalue weighted by Gasteiger charge is 2.23. The summed E-state index contributed by atoms with van der Waals surface area (Å²) in [4.78, 5) is 1.40. The lowest BCUT2D eigenvalue weighted by Gasteiger charge is -2.29. The summed E-state index contributed by atoms with van der Waals surface area (Å²) in [7, 11) is -0.385. The summed E-state index contributed by atoms with van der Waals surface area (Å²) in [6.45, 7) is 2.04. The zero-order chi connectivity index (χ0) is 18.9. The number of benzene rings is 2. The molecule has 0 spiro atoms. The van der Waals surface area contributed by atoms with Crippen LogP contribution in [0.3, 0.4) is 0 Å². The lowest BCUT2D eigenvalue weighted by Crippen LogP contribution is -2.27. The Labute approximate surface area is 158 Å². The standard InChI is InChI=1S/C19H23FN2O2S2/c1-13(14-4-7-16(8-5-14)26(23,24)22(2)3)21-18-10-11-25-19-9-6-15(20)12-17(18)19/h4-9,12-13,18,21H,10-11H2,1-3H3. The molecule has 3 rings (SSSR count). The normalized spacial score (nSPS) is 18.6. The largest absolute Gasteiger partial charge is 0.303 e. The van der Waals surface area contributed by atoms with E-state index < -0.39 is 10.0 Å². The molecule has 0 fully saturated rings. The van der Waals surface area contributed by atoms with Crippen molar-refractivity contribution in [1.82, 2.24) is 9.62 Å². The zero-order valence-electron chi connectivity index (χ0n) is 15.1. The summed E-state index contributed by atoms with van der Waals surface area (Å²) >= 11 is 1.75. The van der Waals surface area contributed by atoms with E-state index in [1.807, 2.05) is 25.1 Å². The molecule has 1 N–H and O–H groups in total. The molecular formula is C19H23FN2O2S2. The van der Waals surface area contributed by atoms with Crippen LogP contribution in [0, 0.1) is 5.82 Å².